The maximum Gasteiger partial charge on any atom is 0.475 e. The first-order chi connectivity index (χ1) is 22.7. The van der Waals surface area contributed by atoms with Gasteiger partial charge in [-0.15, -0.1) is 5.10 Å². The Labute approximate surface area is 295 Å². The van der Waals surface area contributed by atoms with Crippen LogP contribution in [0.25, 0.3) is 0 Å². The van der Waals surface area contributed by atoms with Crippen LogP contribution in [0.5, 0.6) is 0 Å². The van der Waals surface area contributed by atoms with Crippen LogP contribution in [0.4, 0.5) is 5.82 Å². The third-order valence-corrected chi connectivity index (χ3v) is 6.40. The normalized spacial score (nSPS) is 14.8. The number of nitrogens with zero attached hydrogens (tertiary/aromatic N) is 3. The molecule has 2 heterocycles. The molecule has 21 nitrogen and oxygen atoms in total. The molecule has 0 aromatic carbocycles. The zero-order valence-corrected chi connectivity index (χ0v) is 28.5. The van der Waals surface area contributed by atoms with Crippen molar-refractivity contribution in [3.8, 4) is 0 Å². The summed E-state index contributed by atoms with van der Waals surface area (Å²) in [5, 5.41) is 67.3. The van der Waals surface area contributed by atoms with Crippen LogP contribution >= 0.6 is 0 Å². The summed E-state index contributed by atoms with van der Waals surface area (Å²) in [5.41, 5.74) is 2.81. The number of carboxylic acid groups (broad SMARTS) is 4. The van der Waals surface area contributed by atoms with Crippen LogP contribution in [0, 0.1) is 0 Å². The Hall–Kier alpha value is -4.09. The first kappa shape index (κ1) is 44.9. The van der Waals surface area contributed by atoms with Crippen molar-refractivity contribution in [2.24, 2.45) is 5.10 Å². The maximum absolute atomic E-state index is 12.6. The third-order valence-electron chi connectivity index (χ3n) is 6.40. The molecule has 1 aromatic heterocycles. The molecule has 1 radical (unpaired) electrons. The molecule has 1 unspecified atom stereocenters. The van der Waals surface area contributed by atoms with Crippen LogP contribution in [0.3, 0.4) is 0 Å². The molecule has 0 saturated carbocycles. The Morgan fingerprint density at radius 1 is 0.959 bits per heavy atom. The van der Waals surface area contributed by atoms with E-state index in [0.29, 0.717) is 37.4 Å². The molecule has 1 fully saturated rings. The topological polar surface area (TPSA) is 317 Å². The van der Waals surface area contributed by atoms with Gasteiger partial charge in [0.05, 0.1) is 37.7 Å². The molecule has 1 aliphatic rings. The second-order valence-corrected chi connectivity index (χ2v) is 10.3. The number of carboxylic acids is 4. The summed E-state index contributed by atoms with van der Waals surface area (Å²) in [4.78, 5) is 72.5. The van der Waals surface area contributed by atoms with E-state index in [2.05, 4.69) is 36.8 Å². The van der Waals surface area contributed by atoms with Gasteiger partial charge < -0.3 is 56.6 Å². The number of carbonyl (C=O) groups excluding carboxylic acids is 2. The summed E-state index contributed by atoms with van der Waals surface area (Å²) in [5.74, 6) is -5.28. The van der Waals surface area contributed by atoms with E-state index in [1.54, 1.807) is 0 Å². The van der Waals surface area contributed by atoms with Crippen LogP contribution in [-0.4, -0.2) is 160 Å². The second kappa shape index (κ2) is 25.0. The summed E-state index contributed by atoms with van der Waals surface area (Å²) in [6.07, 6.45) is 3.72. The average molecular weight is 782 g/mol. The van der Waals surface area contributed by atoms with E-state index in [-0.39, 0.29) is 70.8 Å². The summed E-state index contributed by atoms with van der Waals surface area (Å²) in [7, 11) is -1.64. The quantitative estimate of drug-likeness (QED) is 0.0182. The van der Waals surface area contributed by atoms with E-state index >= 15 is 0 Å². The molecule has 2 rings (SSSR count). The minimum atomic E-state index is -1.64. The number of pyridine rings is 1. The van der Waals surface area contributed by atoms with Gasteiger partial charge in [-0.25, -0.2) is 9.78 Å². The molecule has 273 valence electrons. The largest absolute Gasteiger partial charge is 0.480 e. The first-order valence-corrected chi connectivity index (χ1v) is 14.8. The molecule has 1 saturated heterocycles. The van der Waals surface area contributed by atoms with Crippen molar-refractivity contribution in [3.63, 3.8) is 0 Å². The van der Waals surface area contributed by atoms with Gasteiger partial charge >= 0.3 is 31.0 Å². The SMILES string of the molecule is C[C@@H](NC(=O)c1ccc(N/N=C\[NH+](CCNCC(=O)O)CC(=O)O)nc1)C(=O)N1CCC[C@H]1B(O)O.O=C(O)CNCCNCC(=O)O.[Tc]. The predicted octanol–water partition coefficient (Wildman–Crippen LogP) is -5.47. The Bertz CT molecular complexity index is 1230. The summed E-state index contributed by atoms with van der Waals surface area (Å²) in [6, 6.07) is 2.06. The second-order valence-electron chi connectivity index (χ2n) is 10.3. The molecule has 0 spiro atoms. The maximum atomic E-state index is 12.6. The molecule has 2 amide bonds. The molecule has 0 bridgehead atoms. The van der Waals surface area contributed by atoms with Crippen LogP contribution < -0.4 is 31.6 Å². The molecule has 1 aromatic rings. The van der Waals surface area contributed by atoms with E-state index in [1.807, 2.05) is 0 Å². The molecule has 23 heteroatoms. The van der Waals surface area contributed by atoms with Crippen LogP contribution in [0.2, 0.25) is 0 Å². The fraction of sp³-hybridized carbons (Fsp3) is 0.538. The zero-order chi connectivity index (χ0) is 36.1. The summed E-state index contributed by atoms with van der Waals surface area (Å²) in [6.45, 7) is 2.62. The number of aliphatic carboxylic acids is 4. The molecule has 1 aliphatic heterocycles. The molecular weight excluding hydrogens is 739 g/mol. The van der Waals surface area contributed by atoms with Crippen molar-refractivity contribution in [1.29, 1.82) is 0 Å². The number of amides is 2. The number of hydrogen-bond acceptors (Lipinski definition) is 14. The van der Waals surface area contributed by atoms with Gasteiger partial charge in [0.25, 0.3) is 5.91 Å². The van der Waals surface area contributed by atoms with Crippen LogP contribution in [0.15, 0.2) is 23.4 Å². The van der Waals surface area contributed by atoms with Gasteiger partial charge in [-0.3, -0.25) is 34.3 Å². The van der Waals surface area contributed by atoms with Crippen molar-refractivity contribution < 1.29 is 84.2 Å². The Morgan fingerprint density at radius 2 is 1.53 bits per heavy atom. The fourth-order valence-electron chi connectivity index (χ4n) is 4.16. The number of aromatic nitrogens is 1. The minimum absolute atomic E-state index is 0. The van der Waals surface area contributed by atoms with Gasteiger partial charge in [0.1, 0.15) is 11.9 Å². The molecule has 49 heavy (non-hydrogen) atoms. The van der Waals surface area contributed by atoms with Crippen molar-refractivity contribution in [3.05, 3.63) is 23.9 Å². The van der Waals surface area contributed by atoms with Crippen molar-refractivity contribution in [2.75, 3.05) is 64.3 Å². The molecule has 3 atom stereocenters. The van der Waals surface area contributed by atoms with Crippen LogP contribution in [-0.2, 0) is 44.1 Å². The first-order valence-electron chi connectivity index (χ1n) is 14.8. The Balaban J connectivity index is 0.00000151. The van der Waals surface area contributed by atoms with Crippen molar-refractivity contribution in [2.45, 2.75) is 31.7 Å². The smallest absolute Gasteiger partial charge is 0.475 e. The van der Waals surface area contributed by atoms with Gasteiger partial charge in [0.2, 0.25) is 12.2 Å². The minimum Gasteiger partial charge on any atom is -0.480 e. The number of anilines is 1. The third kappa shape index (κ3) is 20.1. The number of hydrogen-bond donors (Lipinski definition) is 12. The van der Waals surface area contributed by atoms with Gasteiger partial charge in [0.15, 0.2) is 6.54 Å². The summed E-state index contributed by atoms with van der Waals surface area (Å²) >= 11 is 0. The van der Waals surface area contributed by atoms with Gasteiger partial charge in [0, 0.05) is 52.5 Å². The zero-order valence-electron chi connectivity index (χ0n) is 26.7. The van der Waals surface area contributed by atoms with Crippen molar-refractivity contribution >= 4 is 55.0 Å². The monoisotopic (exact) mass is 781 g/mol. The molecule has 0 aliphatic carbocycles. The number of carbonyl (C=O) groups is 6. The number of quaternary nitrogens is 1. The van der Waals surface area contributed by atoms with E-state index in [4.69, 9.17) is 20.4 Å². The average Bonchev–Trinajstić information content (AvgIpc) is 3.51. The number of rotatable bonds is 21. The van der Waals surface area contributed by atoms with Gasteiger partial charge in [-0.2, -0.15) is 0 Å². The van der Waals surface area contributed by atoms with Gasteiger partial charge in [-0.05, 0) is 31.9 Å². The van der Waals surface area contributed by atoms with E-state index in [9.17, 15) is 38.8 Å². The number of nitrogens with one attached hydrogen (secondary N) is 6. The van der Waals surface area contributed by atoms with E-state index in [1.165, 1.54) is 36.5 Å². The van der Waals surface area contributed by atoms with Crippen molar-refractivity contribution in [1.82, 2.24) is 31.2 Å². The van der Waals surface area contributed by atoms with Gasteiger partial charge in [-0.1, -0.05) is 0 Å². The van der Waals surface area contributed by atoms with E-state index in [0.717, 1.165) is 0 Å². The van der Waals surface area contributed by atoms with E-state index < -0.39 is 54.8 Å². The fourth-order valence-corrected chi connectivity index (χ4v) is 4.16. The standard InChI is InChI=1S/C20H30BN7O8.C6H12N2O4.Tc/c1-13(20(34)28-7-2-3-15(28)21(35)36)25-19(33)14-4-5-16(23-9-14)26-24-12-27(11-18(31)32)8-6-22-10-17(29)30;9-5(10)3-7-1-2-8-4-6(11)12;/h4-5,9,12-13,15,22,35-36H,2-3,6-8,10-11H2,1H3,(H,23,26)(H,25,33)(H,29,30)(H,31,32);7-8H,1-4H2,(H,9,10)(H,11,12);/p+1/b24-12-;;/t13-,15+;;/m1../s1. The molecular formula is C26H43BN9O12Tc+. The molecule has 12 N–H and O–H groups in total. The summed E-state index contributed by atoms with van der Waals surface area (Å²) < 4.78 is 0. The Morgan fingerprint density at radius 3 is 2.02 bits per heavy atom. The number of hydrazone groups is 1. The predicted molar refractivity (Wildman–Crippen MR) is 168 cm³/mol. The van der Waals surface area contributed by atoms with Crippen LogP contribution in [0.1, 0.15) is 30.1 Å². The Kier molecular flexibility index (Phi) is 22.9. The number of likely N-dealkylation sites (tertiary alicyclic amines) is 1.